The number of amides is 2. The molecule has 0 saturated heterocycles. The predicted molar refractivity (Wildman–Crippen MR) is 136 cm³/mol. The normalized spacial score (nSPS) is 22.0. The van der Waals surface area contributed by atoms with Crippen molar-refractivity contribution in [3.05, 3.63) is 70.8 Å². The lowest BCUT2D eigenvalue weighted by Gasteiger charge is -2.41. The van der Waals surface area contributed by atoms with Crippen LogP contribution in [0.5, 0.6) is 11.5 Å². The number of aliphatic hydroxyl groups is 3. The summed E-state index contributed by atoms with van der Waals surface area (Å²) in [5, 5.41) is 33.4. The molecule has 0 radical (unpaired) electrons. The number of rotatable bonds is 9. The van der Waals surface area contributed by atoms with Crippen molar-refractivity contribution in [3.8, 4) is 11.5 Å². The highest BCUT2D eigenvalue weighted by molar-refractivity contribution is 5.96. The third kappa shape index (κ3) is 5.20. The molecule has 4 rings (SSSR count). The molecule has 9 heteroatoms. The van der Waals surface area contributed by atoms with Gasteiger partial charge < -0.3 is 35.0 Å². The summed E-state index contributed by atoms with van der Waals surface area (Å²) in [6.45, 7) is 3.40. The predicted octanol–water partition coefficient (Wildman–Crippen LogP) is 1.49. The monoisotopic (exact) mass is 510 g/mol. The van der Waals surface area contributed by atoms with Crippen LogP contribution in [-0.2, 0) is 22.7 Å². The van der Waals surface area contributed by atoms with Crippen molar-refractivity contribution in [2.45, 2.75) is 51.2 Å². The first-order chi connectivity index (χ1) is 17.8. The maximum absolute atomic E-state index is 13.4. The van der Waals surface area contributed by atoms with Crippen molar-refractivity contribution < 1.29 is 34.4 Å². The molecule has 4 atom stereocenters. The van der Waals surface area contributed by atoms with Crippen LogP contribution in [0.1, 0.15) is 36.5 Å². The van der Waals surface area contributed by atoms with Crippen molar-refractivity contribution in [1.82, 2.24) is 10.2 Å². The molecule has 2 aromatic carbocycles. The van der Waals surface area contributed by atoms with E-state index in [2.05, 4.69) is 5.32 Å². The Morgan fingerprint density at radius 2 is 1.86 bits per heavy atom. The lowest BCUT2D eigenvalue weighted by molar-refractivity contribution is -0.141. The molecule has 1 aliphatic heterocycles. The van der Waals surface area contributed by atoms with Gasteiger partial charge in [0.25, 0.3) is 0 Å². The number of fused-ring (bicyclic) bond motifs is 3. The van der Waals surface area contributed by atoms with E-state index in [0.717, 1.165) is 5.56 Å². The van der Waals surface area contributed by atoms with Gasteiger partial charge in [-0.3, -0.25) is 9.59 Å². The summed E-state index contributed by atoms with van der Waals surface area (Å²) < 4.78 is 11.7. The number of aliphatic hydroxyl groups excluding tert-OH is 3. The number of carbonyl (C=O) groups excluding carboxylic acids is 2. The van der Waals surface area contributed by atoms with Gasteiger partial charge in [0.1, 0.15) is 12.2 Å². The molecular weight excluding hydrogens is 476 g/mol. The average molecular weight is 511 g/mol. The molecule has 9 nitrogen and oxygen atoms in total. The van der Waals surface area contributed by atoms with Gasteiger partial charge in [0, 0.05) is 30.1 Å². The fourth-order valence-electron chi connectivity index (χ4n) is 5.06. The summed E-state index contributed by atoms with van der Waals surface area (Å²) >= 11 is 0. The van der Waals surface area contributed by atoms with Crippen LogP contribution >= 0.6 is 0 Å². The second-order valence-corrected chi connectivity index (χ2v) is 9.62. The van der Waals surface area contributed by atoms with E-state index in [-0.39, 0.29) is 38.1 Å². The highest BCUT2D eigenvalue weighted by Gasteiger charge is 2.51. The molecule has 198 valence electrons. The number of methoxy groups -OCH3 is 1. The van der Waals surface area contributed by atoms with E-state index in [1.165, 1.54) is 7.11 Å². The van der Waals surface area contributed by atoms with Crippen molar-refractivity contribution in [3.63, 3.8) is 0 Å². The van der Waals surface area contributed by atoms with Gasteiger partial charge in [0.05, 0.1) is 32.3 Å². The maximum Gasteiger partial charge on any atom is 0.247 e. The molecule has 0 aromatic heterocycles. The number of carbonyl (C=O) groups is 2. The molecule has 2 aromatic rings. The van der Waals surface area contributed by atoms with Gasteiger partial charge in [-0.25, -0.2) is 0 Å². The van der Waals surface area contributed by atoms with Crippen LogP contribution in [0.15, 0.2) is 54.1 Å². The lowest BCUT2D eigenvalue weighted by Crippen LogP contribution is -2.56. The molecule has 0 fully saturated rings. The molecule has 2 aliphatic rings. The second kappa shape index (κ2) is 11.3. The first kappa shape index (κ1) is 26.7. The smallest absolute Gasteiger partial charge is 0.247 e. The van der Waals surface area contributed by atoms with Crippen LogP contribution in [0, 0.1) is 5.92 Å². The van der Waals surface area contributed by atoms with Gasteiger partial charge in [-0.2, -0.15) is 0 Å². The minimum atomic E-state index is -1.15. The number of hydrogen-bond donors (Lipinski definition) is 4. The molecule has 0 unspecified atom stereocenters. The van der Waals surface area contributed by atoms with E-state index in [0.29, 0.717) is 28.2 Å². The Hall–Kier alpha value is -3.40. The quantitative estimate of drug-likeness (QED) is 0.402. The van der Waals surface area contributed by atoms with E-state index in [9.17, 15) is 24.9 Å². The third-order valence-electron chi connectivity index (χ3n) is 6.83. The first-order valence-corrected chi connectivity index (χ1v) is 12.4. The Balaban J connectivity index is 1.82. The van der Waals surface area contributed by atoms with Gasteiger partial charge in [-0.05, 0) is 29.3 Å². The van der Waals surface area contributed by atoms with Gasteiger partial charge in [0.2, 0.25) is 11.8 Å². The van der Waals surface area contributed by atoms with Crippen molar-refractivity contribution in [1.29, 1.82) is 0 Å². The van der Waals surface area contributed by atoms with Gasteiger partial charge in [-0.1, -0.05) is 44.2 Å². The summed E-state index contributed by atoms with van der Waals surface area (Å²) in [4.78, 5) is 28.3. The molecule has 1 heterocycles. The third-order valence-corrected chi connectivity index (χ3v) is 6.83. The molecule has 1 aliphatic carbocycles. The van der Waals surface area contributed by atoms with E-state index in [1.54, 1.807) is 37.0 Å². The molecule has 0 spiro atoms. The molecule has 0 saturated carbocycles. The molecule has 2 amide bonds. The first-order valence-electron chi connectivity index (χ1n) is 12.4. The minimum Gasteiger partial charge on any atom is -0.493 e. The molecule has 0 bridgehead atoms. The number of nitrogens with one attached hydrogen (secondary N) is 1. The summed E-state index contributed by atoms with van der Waals surface area (Å²) in [5.41, 5.74) is 2.39. The van der Waals surface area contributed by atoms with Crippen molar-refractivity contribution >= 4 is 11.8 Å². The maximum atomic E-state index is 13.4. The van der Waals surface area contributed by atoms with E-state index in [1.807, 2.05) is 30.3 Å². The lowest BCUT2D eigenvalue weighted by atomic mass is 9.77. The molecule has 4 N–H and O–H groups in total. The highest BCUT2D eigenvalue weighted by Crippen LogP contribution is 2.51. The van der Waals surface area contributed by atoms with E-state index >= 15 is 0 Å². The highest BCUT2D eigenvalue weighted by atomic mass is 16.5. The van der Waals surface area contributed by atoms with Crippen LogP contribution in [0.3, 0.4) is 0 Å². The topological polar surface area (TPSA) is 129 Å². The van der Waals surface area contributed by atoms with Crippen LogP contribution in [0.25, 0.3) is 0 Å². The van der Waals surface area contributed by atoms with Crippen LogP contribution in [-0.4, -0.2) is 70.5 Å². The second-order valence-electron chi connectivity index (χ2n) is 9.62. The Labute approximate surface area is 216 Å². The standard InChI is InChI=1S/C28H34N2O7/c1-16(2)28(35)30(14-17-7-5-4-6-8-17)21-13-20(27(34)29-9-10-31)23-19-11-18(15-32)12-22(36-3)25(19)37-26(23)24(21)33/h4-8,11-13,16,21,23-24,26,31-33H,9-10,14-15H2,1-3H3,(H,29,34)/t21-,23+,24+,26+/m1/s1. The van der Waals surface area contributed by atoms with Gasteiger partial charge in [0.15, 0.2) is 11.5 Å². The Morgan fingerprint density at radius 3 is 2.49 bits per heavy atom. The van der Waals surface area contributed by atoms with Gasteiger partial charge in [-0.15, -0.1) is 0 Å². The fourth-order valence-corrected chi connectivity index (χ4v) is 5.06. The SMILES string of the molecule is COc1cc(CO)cc2c1O[C@@H]1[C@@H](O)[C@H](N(Cc3ccccc3)C(=O)C(C)C)C=C(C(=O)NCCO)[C@H]21. The van der Waals surface area contributed by atoms with Crippen LogP contribution < -0.4 is 14.8 Å². The summed E-state index contributed by atoms with van der Waals surface area (Å²) in [6.07, 6.45) is -0.389. The fraction of sp³-hybridized carbons (Fsp3) is 0.429. The number of ether oxygens (including phenoxy) is 2. The summed E-state index contributed by atoms with van der Waals surface area (Å²) in [7, 11) is 1.48. The summed E-state index contributed by atoms with van der Waals surface area (Å²) in [5.74, 6) is -0.833. The Morgan fingerprint density at radius 1 is 1.14 bits per heavy atom. The van der Waals surface area contributed by atoms with E-state index < -0.39 is 30.1 Å². The number of nitrogens with zero attached hydrogens (tertiary/aromatic N) is 1. The van der Waals surface area contributed by atoms with Crippen molar-refractivity contribution in [2.24, 2.45) is 5.92 Å². The zero-order chi connectivity index (χ0) is 26.7. The number of benzene rings is 2. The Bertz CT molecular complexity index is 1160. The van der Waals surface area contributed by atoms with Crippen LogP contribution in [0.2, 0.25) is 0 Å². The summed E-state index contributed by atoms with van der Waals surface area (Å²) in [6, 6.07) is 12.0. The van der Waals surface area contributed by atoms with E-state index in [4.69, 9.17) is 9.47 Å². The van der Waals surface area contributed by atoms with Crippen molar-refractivity contribution in [2.75, 3.05) is 20.3 Å². The minimum absolute atomic E-state index is 0.0488. The Kier molecular flexibility index (Phi) is 8.16. The molecular formula is C28H34N2O7. The van der Waals surface area contributed by atoms with Gasteiger partial charge >= 0.3 is 0 Å². The van der Waals surface area contributed by atoms with Crippen LogP contribution in [0.4, 0.5) is 0 Å². The average Bonchev–Trinajstić information content (AvgIpc) is 3.30. The molecule has 37 heavy (non-hydrogen) atoms. The number of hydrogen-bond acceptors (Lipinski definition) is 7. The largest absolute Gasteiger partial charge is 0.493 e. The zero-order valence-electron chi connectivity index (χ0n) is 21.3. The zero-order valence-corrected chi connectivity index (χ0v) is 21.3.